The molecule has 1 aromatic carbocycles. The first-order valence-corrected chi connectivity index (χ1v) is 6.72. The molecular formula is C14H19N3O3. The molecule has 0 spiro atoms. The Labute approximate surface area is 117 Å². The average molecular weight is 277 g/mol. The number of carbonyl (C=O) groups excluding carboxylic acids is 1. The largest absolute Gasteiger partial charge is 0.325 e. The third-order valence-corrected chi connectivity index (χ3v) is 3.76. The second-order valence-corrected chi connectivity index (χ2v) is 5.30. The van der Waals surface area contributed by atoms with E-state index in [-0.39, 0.29) is 17.5 Å². The van der Waals surface area contributed by atoms with E-state index in [0.29, 0.717) is 11.3 Å². The number of hydrogen-bond acceptors (Lipinski definition) is 4. The van der Waals surface area contributed by atoms with E-state index in [0.717, 1.165) is 25.9 Å². The number of rotatable bonds is 3. The molecule has 0 aliphatic carbocycles. The number of nitro groups is 1. The van der Waals surface area contributed by atoms with Gasteiger partial charge in [-0.2, -0.15) is 0 Å². The zero-order valence-electron chi connectivity index (χ0n) is 11.8. The number of anilines is 1. The molecule has 0 aromatic heterocycles. The quantitative estimate of drug-likeness (QED) is 0.678. The Bertz CT molecular complexity index is 530. The van der Waals surface area contributed by atoms with Gasteiger partial charge in [0.1, 0.15) is 0 Å². The predicted octanol–water partition coefficient (Wildman–Crippen LogP) is 2.18. The van der Waals surface area contributed by atoms with Crippen molar-refractivity contribution in [1.82, 2.24) is 4.90 Å². The molecule has 1 amide bonds. The van der Waals surface area contributed by atoms with E-state index in [2.05, 4.69) is 10.2 Å². The van der Waals surface area contributed by atoms with Crippen LogP contribution in [0, 0.1) is 23.0 Å². The topological polar surface area (TPSA) is 75.5 Å². The molecule has 20 heavy (non-hydrogen) atoms. The van der Waals surface area contributed by atoms with Gasteiger partial charge in [-0.05, 0) is 39.4 Å². The van der Waals surface area contributed by atoms with Crippen LogP contribution in [0.4, 0.5) is 11.4 Å². The van der Waals surface area contributed by atoms with Gasteiger partial charge in [-0.3, -0.25) is 14.9 Å². The van der Waals surface area contributed by atoms with Crippen molar-refractivity contribution >= 4 is 17.3 Å². The first-order valence-electron chi connectivity index (χ1n) is 6.72. The number of nitrogens with zero attached hydrogens (tertiary/aromatic N) is 2. The molecule has 1 heterocycles. The molecular weight excluding hydrogens is 258 g/mol. The molecule has 1 saturated heterocycles. The maximum atomic E-state index is 12.2. The molecule has 0 saturated carbocycles. The molecule has 0 bridgehead atoms. The fourth-order valence-electron chi connectivity index (χ4n) is 2.57. The summed E-state index contributed by atoms with van der Waals surface area (Å²) in [5.41, 5.74) is 1.05. The van der Waals surface area contributed by atoms with Gasteiger partial charge in [0.05, 0.1) is 22.1 Å². The minimum atomic E-state index is -0.431. The van der Waals surface area contributed by atoms with E-state index in [1.54, 1.807) is 19.1 Å². The van der Waals surface area contributed by atoms with Gasteiger partial charge in [-0.15, -0.1) is 0 Å². The molecule has 6 heteroatoms. The molecule has 0 radical (unpaired) electrons. The maximum absolute atomic E-state index is 12.2. The van der Waals surface area contributed by atoms with Crippen molar-refractivity contribution in [3.05, 3.63) is 33.9 Å². The lowest BCUT2D eigenvalue weighted by Gasteiger charge is -2.28. The van der Waals surface area contributed by atoms with Crippen molar-refractivity contribution < 1.29 is 9.72 Å². The fourth-order valence-corrected chi connectivity index (χ4v) is 2.57. The highest BCUT2D eigenvalue weighted by atomic mass is 16.6. The Morgan fingerprint density at radius 2 is 2.25 bits per heavy atom. The second kappa shape index (κ2) is 6.00. The van der Waals surface area contributed by atoms with Gasteiger partial charge < -0.3 is 10.2 Å². The maximum Gasteiger partial charge on any atom is 0.274 e. The average Bonchev–Trinajstić information content (AvgIpc) is 2.40. The van der Waals surface area contributed by atoms with Gasteiger partial charge in [-0.25, -0.2) is 0 Å². The summed E-state index contributed by atoms with van der Waals surface area (Å²) in [5, 5.41) is 13.7. The number of benzene rings is 1. The number of carbonyl (C=O) groups is 1. The summed E-state index contributed by atoms with van der Waals surface area (Å²) >= 11 is 0. The number of nitrogens with one attached hydrogen (secondary N) is 1. The zero-order valence-corrected chi connectivity index (χ0v) is 11.8. The van der Waals surface area contributed by atoms with E-state index < -0.39 is 4.92 Å². The summed E-state index contributed by atoms with van der Waals surface area (Å²) in [4.78, 5) is 24.8. The lowest BCUT2D eigenvalue weighted by Crippen LogP contribution is -2.38. The zero-order chi connectivity index (χ0) is 14.7. The summed E-state index contributed by atoms with van der Waals surface area (Å²) in [6.07, 6.45) is 1.87. The molecule has 1 aromatic rings. The van der Waals surface area contributed by atoms with Gasteiger partial charge in [0.2, 0.25) is 5.91 Å². The first kappa shape index (κ1) is 14.5. The Morgan fingerprint density at radius 3 is 2.90 bits per heavy atom. The van der Waals surface area contributed by atoms with Crippen LogP contribution in [-0.2, 0) is 4.79 Å². The molecule has 1 N–H and O–H groups in total. The summed E-state index contributed by atoms with van der Waals surface area (Å²) in [7, 11) is 2.00. The van der Waals surface area contributed by atoms with E-state index in [1.165, 1.54) is 6.07 Å². The predicted molar refractivity (Wildman–Crippen MR) is 76.7 cm³/mol. The van der Waals surface area contributed by atoms with Gasteiger partial charge in [0.15, 0.2) is 0 Å². The van der Waals surface area contributed by atoms with Crippen LogP contribution in [0.25, 0.3) is 0 Å². The van der Waals surface area contributed by atoms with Crippen molar-refractivity contribution in [3.63, 3.8) is 0 Å². The van der Waals surface area contributed by atoms with Crippen molar-refractivity contribution in [3.8, 4) is 0 Å². The van der Waals surface area contributed by atoms with Crippen LogP contribution in [0.1, 0.15) is 18.4 Å². The lowest BCUT2D eigenvalue weighted by molar-refractivity contribution is -0.385. The molecule has 2 rings (SSSR count). The summed E-state index contributed by atoms with van der Waals surface area (Å²) < 4.78 is 0. The molecule has 1 aliphatic heterocycles. The molecule has 1 aliphatic rings. The third-order valence-electron chi connectivity index (χ3n) is 3.76. The highest BCUT2D eigenvalue weighted by molar-refractivity contribution is 5.94. The van der Waals surface area contributed by atoms with Gasteiger partial charge in [-0.1, -0.05) is 6.07 Å². The molecule has 1 atom stereocenters. The minimum absolute atomic E-state index is 0.0311. The molecule has 1 fully saturated rings. The van der Waals surface area contributed by atoms with Gasteiger partial charge >= 0.3 is 0 Å². The number of piperidine rings is 1. The Kier molecular flexibility index (Phi) is 4.34. The van der Waals surface area contributed by atoms with Crippen LogP contribution in [0.15, 0.2) is 18.2 Å². The van der Waals surface area contributed by atoms with E-state index in [9.17, 15) is 14.9 Å². The van der Waals surface area contributed by atoms with Crippen LogP contribution < -0.4 is 5.32 Å². The first-order chi connectivity index (χ1) is 9.49. The monoisotopic (exact) mass is 277 g/mol. The summed E-state index contributed by atoms with van der Waals surface area (Å²) in [6, 6.07) is 4.74. The van der Waals surface area contributed by atoms with Crippen molar-refractivity contribution in [2.45, 2.75) is 19.8 Å². The highest BCUT2D eigenvalue weighted by Crippen LogP contribution is 2.26. The molecule has 108 valence electrons. The summed E-state index contributed by atoms with van der Waals surface area (Å²) in [5.74, 6) is -0.104. The smallest absolute Gasteiger partial charge is 0.274 e. The van der Waals surface area contributed by atoms with Crippen LogP contribution in [0.3, 0.4) is 0 Å². The lowest BCUT2D eigenvalue weighted by atomic mass is 9.97. The Hall–Kier alpha value is -1.95. The SMILES string of the molecule is Cc1c(NC(=O)[C@@H]2CCCN(C)C2)cccc1[N+](=O)[O-]. The number of hydrogen-bond donors (Lipinski definition) is 1. The van der Waals surface area contributed by atoms with Crippen LogP contribution in [0.2, 0.25) is 0 Å². The Morgan fingerprint density at radius 1 is 1.50 bits per heavy atom. The fraction of sp³-hybridized carbons (Fsp3) is 0.500. The Balaban J connectivity index is 2.11. The normalized spacial score (nSPS) is 19.6. The number of amides is 1. The third kappa shape index (κ3) is 3.14. The summed E-state index contributed by atoms with van der Waals surface area (Å²) in [6.45, 7) is 3.40. The highest BCUT2D eigenvalue weighted by Gasteiger charge is 2.25. The van der Waals surface area contributed by atoms with Gasteiger partial charge in [0, 0.05) is 12.6 Å². The molecule has 6 nitrogen and oxygen atoms in total. The molecule has 0 unspecified atom stereocenters. The standard InChI is InChI=1S/C14H19N3O3/c1-10-12(6-3-7-13(10)17(19)20)15-14(18)11-5-4-8-16(2)9-11/h3,6-7,11H,4-5,8-9H2,1-2H3,(H,15,18)/t11-/m1/s1. The van der Waals surface area contributed by atoms with Crippen molar-refractivity contribution in [2.75, 3.05) is 25.5 Å². The van der Waals surface area contributed by atoms with E-state index >= 15 is 0 Å². The van der Waals surface area contributed by atoms with Gasteiger partial charge in [0.25, 0.3) is 5.69 Å². The number of nitro benzene ring substituents is 1. The van der Waals surface area contributed by atoms with Crippen LogP contribution in [-0.4, -0.2) is 35.9 Å². The van der Waals surface area contributed by atoms with E-state index in [1.807, 2.05) is 7.05 Å². The number of likely N-dealkylation sites (tertiary alicyclic amines) is 1. The minimum Gasteiger partial charge on any atom is -0.325 e. The van der Waals surface area contributed by atoms with Crippen LogP contribution >= 0.6 is 0 Å². The van der Waals surface area contributed by atoms with E-state index in [4.69, 9.17) is 0 Å². The van der Waals surface area contributed by atoms with Crippen molar-refractivity contribution in [2.24, 2.45) is 5.92 Å². The second-order valence-electron chi connectivity index (χ2n) is 5.30. The van der Waals surface area contributed by atoms with Crippen molar-refractivity contribution in [1.29, 1.82) is 0 Å². The van der Waals surface area contributed by atoms with Crippen LogP contribution in [0.5, 0.6) is 0 Å².